The summed E-state index contributed by atoms with van der Waals surface area (Å²) in [6, 6.07) is 0. The largest absolute Gasteiger partial charge is 0.456 e. The average Bonchev–Trinajstić information content (AvgIpc) is 2.55. The Kier molecular flexibility index (Phi) is 3.33. The Labute approximate surface area is 111 Å². The van der Waals surface area contributed by atoms with Gasteiger partial charge in [-0.05, 0) is 64.7 Å². The van der Waals surface area contributed by atoms with Crippen LogP contribution in [0.3, 0.4) is 0 Å². The molecular formula is C16H26O2. The van der Waals surface area contributed by atoms with Crippen LogP contribution in [-0.2, 0) is 9.53 Å². The highest BCUT2D eigenvalue weighted by Crippen LogP contribution is 2.59. The van der Waals surface area contributed by atoms with Gasteiger partial charge in [-0.3, -0.25) is 0 Å². The van der Waals surface area contributed by atoms with Crippen molar-refractivity contribution in [2.45, 2.75) is 65.4 Å². The zero-order valence-corrected chi connectivity index (χ0v) is 12.2. The molecule has 2 aliphatic carbocycles. The molecule has 2 nitrogen and oxygen atoms in total. The van der Waals surface area contributed by atoms with Crippen molar-refractivity contribution in [3.05, 3.63) is 12.2 Å². The topological polar surface area (TPSA) is 26.3 Å². The van der Waals surface area contributed by atoms with E-state index in [0.717, 1.165) is 11.8 Å². The Hall–Kier alpha value is -0.790. The van der Waals surface area contributed by atoms with E-state index in [1.807, 2.05) is 0 Å². The van der Waals surface area contributed by atoms with E-state index in [1.165, 1.54) is 32.1 Å². The van der Waals surface area contributed by atoms with Gasteiger partial charge in [0, 0.05) is 11.0 Å². The molecule has 2 saturated carbocycles. The number of carbonyl (C=O) groups excluding carboxylic acids is 1. The van der Waals surface area contributed by atoms with Gasteiger partial charge in [-0.15, -0.1) is 0 Å². The third-order valence-corrected chi connectivity index (χ3v) is 5.16. The Morgan fingerprint density at radius 3 is 2.67 bits per heavy atom. The van der Waals surface area contributed by atoms with Crippen molar-refractivity contribution in [1.29, 1.82) is 0 Å². The maximum absolute atomic E-state index is 11.8. The van der Waals surface area contributed by atoms with Gasteiger partial charge in [0.1, 0.15) is 5.60 Å². The Morgan fingerprint density at radius 1 is 1.39 bits per heavy atom. The van der Waals surface area contributed by atoms with Crippen LogP contribution >= 0.6 is 0 Å². The molecule has 2 heteroatoms. The summed E-state index contributed by atoms with van der Waals surface area (Å²) in [5.41, 5.74) is 0.324. The van der Waals surface area contributed by atoms with Gasteiger partial charge in [-0.25, -0.2) is 4.79 Å². The maximum Gasteiger partial charge on any atom is 0.333 e. The quantitative estimate of drug-likeness (QED) is 0.557. The monoisotopic (exact) mass is 250 g/mol. The summed E-state index contributed by atoms with van der Waals surface area (Å²) in [5.74, 6) is 1.36. The van der Waals surface area contributed by atoms with Gasteiger partial charge < -0.3 is 4.74 Å². The zero-order valence-electron chi connectivity index (χ0n) is 12.2. The number of hydrogen-bond acceptors (Lipinski definition) is 2. The fourth-order valence-electron chi connectivity index (χ4n) is 4.16. The first-order valence-corrected chi connectivity index (χ1v) is 7.15. The van der Waals surface area contributed by atoms with Gasteiger partial charge in [0.05, 0.1) is 0 Å². The normalized spacial score (nSPS) is 35.3. The molecule has 0 aromatic carbocycles. The first-order valence-electron chi connectivity index (χ1n) is 7.15. The summed E-state index contributed by atoms with van der Waals surface area (Å²) in [7, 11) is 0. The van der Waals surface area contributed by atoms with Crippen LogP contribution < -0.4 is 0 Å². The van der Waals surface area contributed by atoms with E-state index in [0.29, 0.717) is 5.57 Å². The minimum absolute atomic E-state index is 0.195. The van der Waals surface area contributed by atoms with Crippen molar-refractivity contribution in [1.82, 2.24) is 0 Å². The Morgan fingerprint density at radius 2 is 2.06 bits per heavy atom. The van der Waals surface area contributed by atoms with Gasteiger partial charge in [0.15, 0.2) is 0 Å². The molecule has 0 N–H and O–H groups in total. The van der Waals surface area contributed by atoms with Crippen LogP contribution in [0.25, 0.3) is 0 Å². The minimum atomic E-state index is -0.369. The molecule has 2 bridgehead atoms. The lowest BCUT2D eigenvalue weighted by Gasteiger charge is -2.47. The second-order valence-electron chi connectivity index (χ2n) is 7.11. The van der Waals surface area contributed by atoms with E-state index in [-0.39, 0.29) is 17.0 Å². The van der Waals surface area contributed by atoms with Gasteiger partial charge in [0.2, 0.25) is 0 Å². The van der Waals surface area contributed by atoms with E-state index in [1.54, 1.807) is 6.92 Å². The summed E-state index contributed by atoms with van der Waals surface area (Å²) in [4.78, 5) is 11.8. The van der Waals surface area contributed by atoms with E-state index in [2.05, 4.69) is 27.4 Å². The Balaban J connectivity index is 2.18. The van der Waals surface area contributed by atoms with Crippen molar-refractivity contribution in [3.63, 3.8) is 0 Å². The molecule has 102 valence electrons. The molecule has 2 aliphatic rings. The molecule has 0 heterocycles. The highest BCUT2D eigenvalue weighted by atomic mass is 16.6. The number of rotatable bonds is 3. The van der Waals surface area contributed by atoms with Crippen molar-refractivity contribution in [2.24, 2.45) is 17.3 Å². The molecule has 3 atom stereocenters. The molecule has 0 radical (unpaired) electrons. The fourth-order valence-corrected chi connectivity index (χ4v) is 4.16. The van der Waals surface area contributed by atoms with Crippen LogP contribution in [-0.4, -0.2) is 11.6 Å². The van der Waals surface area contributed by atoms with Gasteiger partial charge in [0.25, 0.3) is 0 Å². The summed E-state index contributed by atoms with van der Waals surface area (Å²) in [6.45, 7) is 11.9. The minimum Gasteiger partial charge on any atom is -0.456 e. The zero-order chi connectivity index (χ0) is 13.6. The first-order chi connectivity index (χ1) is 8.26. The molecule has 2 fully saturated rings. The van der Waals surface area contributed by atoms with Crippen molar-refractivity contribution in [2.75, 3.05) is 0 Å². The first kappa shape index (κ1) is 13.6. The summed E-state index contributed by atoms with van der Waals surface area (Å²) < 4.78 is 5.77. The molecule has 0 saturated heterocycles. The maximum atomic E-state index is 11.8. The van der Waals surface area contributed by atoms with E-state index >= 15 is 0 Å². The van der Waals surface area contributed by atoms with Gasteiger partial charge in [-0.1, -0.05) is 13.5 Å². The standard InChI is InChI=1S/C16H26O2/c1-11(2)14(17)18-15(4,5)16-7-6-13(10-16)8-12(3)9-16/h12-13H,1,6-10H2,2-5H3. The number of esters is 1. The van der Waals surface area contributed by atoms with Crippen molar-refractivity contribution < 1.29 is 9.53 Å². The van der Waals surface area contributed by atoms with E-state index in [9.17, 15) is 4.79 Å². The van der Waals surface area contributed by atoms with Gasteiger partial charge in [-0.2, -0.15) is 0 Å². The number of hydrogen-bond donors (Lipinski definition) is 0. The van der Waals surface area contributed by atoms with E-state index < -0.39 is 0 Å². The molecule has 18 heavy (non-hydrogen) atoms. The van der Waals surface area contributed by atoms with Crippen LogP contribution in [0.15, 0.2) is 12.2 Å². The number of fused-ring (bicyclic) bond motifs is 2. The fraction of sp³-hybridized carbons (Fsp3) is 0.812. The Bertz CT molecular complexity index is 369. The molecule has 0 aromatic rings. The lowest BCUT2D eigenvalue weighted by molar-refractivity contribution is -0.170. The SMILES string of the molecule is C=C(C)C(=O)OC(C)(C)C12CCC(CC(C)C1)C2. The molecule has 0 aromatic heterocycles. The lowest BCUT2D eigenvalue weighted by atomic mass is 9.63. The summed E-state index contributed by atoms with van der Waals surface area (Å²) in [6.07, 6.45) is 6.29. The number of ether oxygens (including phenoxy) is 1. The third kappa shape index (κ3) is 2.22. The number of carbonyl (C=O) groups is 1. The van der Waals surface area contributed by atoms with Crippen LogP contribution in [0.2, 0.25) is 0 Å². The summed E-state index contributed by atoms with van der Waals surface area (Å²) >= 11 is 0. The highest BCUT2D eigenvalue weighted by molar-refractivity contribution is 5.87. The average molecular weight is 250 g/mol. The molecule has 0 spiro atoms. The van der Waals surface area contributed by atoms with Crippen LogP contribution in [0.1, 0.15) is 59.8 Å². The van der Waals surface area contributed by atoms with Crippen LogP contribution in [0.4, 0.5) is 0 Å². The molecular weight excluding hydrogens is 224 g/mol. The molecule has 2 rings (SSSR count). The second kappa shape index (κ2) is 4.40. The highest BCUT2D eigenvalue weighted by Gasteiger charge is 2.54. The van der Waals surface area contributed by atoms with Crippen LogP contribution in [0.5, 0.6) is 0 Å². The van der Waals surface area contributed by atoms with Crippen molar-refractivity contribution in [3.8, 4) is 0 Å². The predicted octanol–water partition coefficient (Wildman–Crippen LogP) is 4.10. The summed E-state index contributed by atoms with van der Waals surface area (Å²) in [5, 5.41) is 0. The van der Waals surface area contributed by atoms with Crippen LogP contribution in [0, 0.1) is 17.3 Å². The van der Waals surface area contributed by atoms with E-state index in [4.69, 9.17) is 4.74 Å². The molecule has 3 unspecified atom stereocenters. The predicted molar refractivity (Wildman–Crippen MR) is 73.2 cm³/mol. The third-order valence-electron chi connectivity index (χ3n) is 5.16. The lowest BCUT2D eigenvalue weighted by Crippen LogP contribution is -2.48. The second-order valence-corrected chi connectivity index (χ2v) is 7.11. The van der Waals surface area contributed by atoms with Gasteiger partial charge >= 0.3 is 5.97 Å². The molecule has 0 amide bonds. The molecule has 0 aliphatic heterocycles. The van der Waals surface area contributed by atoms with Crippen molar-refractivity contribution >= 4 is 5.97 Å². The smallest absolute Gasteiger partial charge is 0.333 e.